The van der Waals surface area contributed by atoms with E-state index in [2.05, 4.69) is 6.92 Å². The van der Waals surface area contributed by atoms with Crippen molar-refractivity contribution in [1.82, 2.24) is 0 Å². The number of unbranched alkanes of at least 4 members (excludes halogenated alkanes) is 3. The topological polar surface area (TPSA) is 38.0 Å². The van der Waals surface area contributed by atoms with Crippen LogP contribution in [-0.2, 0) is 6.42 Å². The largest absolute Gasteiger partial charge is 0.319 e. The van der Waals surface area contributed by atoms with E-state index in [1.165, 1.54) is 12.1 Å². The van der Waals surface area contributed by atoms with Gasteiger partial charge in [-0.3, -0.25) is 5.84 Å². The molecule has 0 saturated heterocycles. The molecule has 0 fully saturated rings. The Morgan fingerprint density at radius 2 is 1.42 bits per heavy atom. The van der Waals surface area contributed by atoms with Crippen LogP contribution in [0.3, 0.4) is 0 Å². The molecule has 2 aromatic rings. The van der Waals surface area contributed by atoms with Crippen molar-refractivity contribution in [2.45, 2.75) is 39.0 Å². The summed E-state index contributed by atoms with van der Waals surface area (Å²) in [4.78, 5) is 0. The minimum absolute atomic E-state index is 0.0729. The van der Waals surface area contributed by atoms with Crippen molar-refractivity contribution in [1.29, 1.82) is 0 Å². The first-order valence-electron chi connectivity index (χ1n) is 7.93. The lowest BCUT2D eigenvalue weighted by atomic mass is 9.99. The standard InChI is InChI=1S/C18H20F4N2/c1-2-3-4-5-6-11-7-9-12(10-8-11)13-14(19)16(21)18(24-23)17(22)15(13)20/h7-10,24H,2-6,23H2,1H3. The van der Waals surface area contributed by atoms with Crippen molar-refractivity contribution in [3.63, 3.8) is 0 Å². The summed E-state index contributed by atoms with van der Waals surface area (Å²) >= 11 is 0. The Morgan fingerprint density at radius 3 is 1.92 bits per heavy atom. The third kappa shape index (κ3) is 3.70. The van der Waals surface area contributed by atoms with E-state index in [1.54, 1.807) is 17.6 Å². The summed E-state index contributed by atoms with van der Waals surface area (Å²) in [6, 6.07) is 6.35. The molecule has 0 aromatic heterocycles. The number of rotatable bonds is 7. The van der Waals surface area contributed by atoms with Gasteiger partial charge in [0.05, 0.1) is 5.56 Å². The van der Waals surface area contributed by atoms with Gasteiger partial charge >= 0.3 is 0 Å². The van der Waals surface area contributed by atoms with Gasteiger partial charge in [0.2, 0.25) is 0 Å². The minimum atomic E-state index is -1.55. The van der Waals surface area contributed by atoms with Gasteiger partial charge in [0.25, 0.3) is 0 Å². The highest BCUT2D eigenvalue weighted by atomic mass is 19.2. The highest BCUT2D eigenvalue weighted by Crippen LogP contribution is 2.34. The van der Waals surface area contributed by atoms with Gasteiger partial charge in [-0.25, -0.2) is 17.6 Å². The Bertz CT molecular complexity index is 670. The second-order valence-corrected chi connectivity index (χ2v) is 5.66. The molecule has 2 rings (SSSR count). The molecule has 0 spiro atoms. The molecule has 24 heavy (non-hydrogen) atoms. The quantitative estimate of drug-likeness (QED) is 0.235. The third-order valence-corrected chi connectivity index (χ3v) is 3.97. The minimum Gasteiger partial charge on any atom is -0.319 e. The Kier molecular flexibility index (Phi) is 6.20. The monoisotopic (exact) mass is 340 g/mol. The number of hydrogen-bond acceptors (Lipinski definition) is 2. The summed E-state index contributed by atoms with van der Waals surface area (Å²) < 4.78 is 55.7. The summed E-state index contributed by atoms with van der Waals surface area (Å²) in [5.74, 6) is -1.14. The van der Waals surface area contributed by atoms with Crippen LogP contribution in [0.1, 0.15) is 38.2 Å². The molecule has 0 amide bonds. The van der Waals surface area contributed by atoms with E-state index in [0.717, 1.165) is 37.7 Å². The van der Waals surface area contributed by atoms with Crippen LogP contribution in [0.5, 0.6) is 0 Å². The SMILES string of the molecule is CCCCCCc1ccc(-c2c(F)c(F)c(NN)c(F)c2F)cc1. The molecule has 0 bridgehead atoms. The summed E-state index contributed by atoms with van der Waals surface area (Å²) in [7, 11) is 0. The number of benzene rings is 2. The maximum absolute atomic E-state index is 14.1. The molecule has 2 nitrogen and oxygen atoms in total. The van der Waals surface area contributed by atoms with E-state index >= 15 is 0 Å². The molecule has 2 aromatic carbocycles. The molecular weight excluding hydrogens is 320 g/mol. The van der Waals surface area contributed by atoms with Crippen LogP contribution in [0.25, 0.3) is 11.1 Å². The second-order valence-electron chi connectivity index (χ2n) is 5.66. The Hall–Kier alpha value is -2.08. The van der Waals surface area contributed by atoms with Gasteiger partial charge in [-0.15, -0.1) is 0 Å². The van der Waals surface area contributed by atoms with Crippen LogP contribution in [-0.4, -0.2) is 0 Å². The molecule has 0 aliphatic heterocycles. The van der Waals surface area contributed by atoms with Gasteiger partial charge in [-0.1, -0.05) is 50.5 Å². The van der Waals surface area contributed by atoms with E-state index < -0.39 is 34.5 Å². The van der Waals surface area contributed by atoms with Crippen molar-refractivity contribution in [3.8, 4) is 11.1 Å². The molecule has 0 aliphatic rings. The van der Waals surface area contributed by atoms with E-state index in [1.807, 2.05) is 0 Å². The molecular formula is C18H20F4N2. The molecule has 130 valence electrons. The normalized spacial score (nSPS) is 10.9. The van der Waals surface area contributed by atoms with Crippen molar-refractivity contribution in [3.05, 3.63) is 53.1 Å². The Balaban J connectivity index is 2.29. The smallest absolute Gasteiger partial charge is 0.187 e. The average Bonchev–Trinajstić information content (AvgIpc) is 2.59. The maximum Gasteiger partial charge on any atom is 0.187 e. The first kappa shape index (κ1) is 18.3. The number of hydrogen-bond donors (Lipinski definition) is 2. The third-order valence-electron chi connectivity index (χ3n) is 3.97. The highest BCUT2D eigenvalue weighted by Gasteiger charge is 2.25. The lowest BCUT2D eigenvalue weighted by molar-refractivity contribution is 0.463. The van der Waals surface area contributed by atoms with Crippen LogP contribution >= 0.6 is 0 Å². The first-order chi connectivity index (χ1) is 11.5. The van der Waals surface area contributed by atoms with E-state index in [4.69, 9.17) is 5.84 Å². The summed E-state index contributed by atoms with van der Waals surface area (Å²) in [6.07, 6.45) is 5.29. The van der Waals surface area contributed by atoms with Gasteiger partial charge in [0, 0.05) is 0 Å². The molecule has 0 radical (unpaired) electrons. The van der Waals surface area contributed by atoms with E-state index in [0.29, 0.717) is 0 Å². The van der Waals surface area contributed by atoms with Gasteiger partial charge in [-0.05, 0) is 24.0 Å². The molecule has 6 heteroatoms. The van der Waals surface area contributed by atoms with Gasteiger partial charge in [-0.2, -0.15) is 0 Å². The van der Waals surface area contributed by atoms with Crippen LogP contribution in [0, 0.1) is 23.3 Å². The van der Waals surface area contributed by atoms with Crippen molar-refractivity contribution >= 4 is 5.69 Å². The number of anilines is 1. The average molecular weight is 340 g/mol. The summed E-state index contributed by atoms with van der Waals surface area (Å²) in [5.41, 5.74) is 0.959. The Morgan fingerprint density at radius 1 is 0.833 bits per heavy atom. The van der Waals surface area contributed by atoms with Crippen molar-refractivity contribution in [2.75, 3.05) is 5.43 Å². The zero-order valence-corrected chi connectivity index (χ0v) is 13.4. The predicted octanol–water partition coefficient (Wildman–Crippen LogP) is 5.32. The second kappa shape index (κ2) is 8.15. The zero-order chi connectivity index (χ0) is 17.7. The van der Waals surface area contributed by atoms with Crippen LogP contribution < -0.4 is 11.3 Å². The fourth-order valence-electron chi connectivity index (χ4n) is 2.61. The van der Waals surface area contributed by atoms with E-state index in [9.17, 15) is 17.6 Å². The predicted molar refractivity (Wildman–Crippen MR) is 87.4 cm³/mol. The van der Waals surface area contributed by atoms with Crippen LogP contribution in [0.4, 0.5) is 23.2 Å². The van der Waals surface area contributed by atoms with E-state index in [-0.39, 0.29) is 5.56 Å². The molecule has 0 atom stereocenters. The first-order valence-corrected chi connectivity index (χ1v) is 7.93. The lowest BCUT2D eigenvalue weighted by Crippen LogP contribution is -2.14. The zero-order valence-electron chi connectivity index (χ0n) is 13.4. The lowest BCUT2D eigenvalue weighted by Gasteiger charge is -2.12. The summed E-state index contributed by atoms with van der Waals surface area (Å²) in [5, 5.41) is 0. The molecule has 0 aliphatic carbocycles. The number of nitrogens with two attached hydrogens (primary N) is 1. The number of halogens is 4. The fraction of sp³-hybridized carbons (Fsp3) is 0.333. The van der Waals surface area contributed by atoms with Crippen molar-refractivity contribution < 1.29 is 17.6 Å². The number of nitrogen functional groups attached to an aromatic ring is 1. The maximum atomic E-state index is 14.1. The number of aryl methyl sites for hydroxylation is 1. The van der Waals surface area contributed by atoms with Gasteiger partial charge in [0.15, 0.2) is 23.3 Å². The van der Waals surface area contributed by atoms with Crippen molar-refractivity contribution in [2.24, 2.45) is 5.84 Å². The molecule has 0 saturated carbocycles. The molecule has 0 unspecified atom stereocenters. The molecule has 3 N–H and O–H groups in total. The Labute approximate surface area is 138 Å². The van der Waals surface area contributed by atoms with Crippen LogP contribution in [0.2, 0.25) is 0 Å². The van der Waals surface area contributed by atoms with Crippen LogP contribution in [0.15, 0.2) is 24.3 Å². The molecule has 0 heterocycles. The van der Waals surface area contributed by atoms with Gasteiger partial charge in [0.1, 0.15) is 5.69 Å². The fourth-order valence-corrected chi connectivity index (χ4v) is 2.61. The highest BCUT2D eigenvalue weighted by molar-refractivity contribution is 5.69. The van der Waals surface area contributed by atoms with Gasteiger partial charge < -0.3 is 5.43 Å². The number of nitrogens with one attached hydrogen (secondary N) is 1. The summed E-state index contributed by atoms with van der Waals surface area (Å²) in [6.45, 7) is 2.13. The number of hydrazine groups is 1.